The van der Waals surface area contributed by atoms with Gasteiger partial charge in [-0.25, -0.2) is 4.39 Å². The van der Waals surface area contributed by atoms with Crippen molar-refractivity contribution in [1.82, 2.24) is 10.2 Å². The minimum absolute atomic E-state index is 0.0650. The van der Waals surface area contributed by atoms with Crippen molar-refractivity contribution in [3.63, 3.8) is 0 Å². The predicted octanol–water partition coefficient (Wildman–Crippen LogP) is 5.25. The molecule has 0 aliphatic rings. The molecule has 4 nitrogen and oxygen atoms in total. The van der Waals surface area contributed by atoms with Crippen molar-refractivity contribution in [2.45, 2.75) is 46.2 Å². The summed E-state index contributed by atoms with van der Waals surface area (Å²) >= 11 is 12.1. The van der Waals surface area contributed by atoms with Crippen LogP contribution < -0.4 is 5.32 Å². The number of hydrogen-bond acceptors (Lipinski definition) is 2. The van der Waals surface area contributed by atoms with E-state index < -0.39 is 6.04 Å². The number of hydrogen-bond donors (Lipinski definition) is 1. The highest BCUT2D eigenvalue weighted by Crippen LogP contribution is 2.24. The molecule has 0 bridgehead atoms. The van der Waals surface area contributed by atoms with E-state index in [0.717, 1.165) is 5.56 Å². The number of amides is 2. The number of halogens is 3. The lowest BCUT2D eigenvalue weighted by Crippen LogP contribution is -2.50. The summed E-state index contributed by atoms with van der Waals surface area (Å²) in [5, 5.41) is 3.73. The largest absolute Gasteiger partial charge is 0.354 e. The van der Waals surface area contributed by atoms with Gasteiger partial charge in [-0.3, -0.25) is 9.59 Å². The minimum atomic E-state index is -0.633. The number of nitrogens with one attached hydrogen (secondary N) is 1. The summed E-state index contributed by atoms with van der Waals surface area (Å²) in [5.41, 5.74) is 1.45. The van der Waals surface area contributed by atoms with Crippen LogP contribution in [0.1, 0.15) is 38.3 Å². The SMILES string of the molecule is CC[C@@H](C(=O)NCC(C)C)N(Cc1ccc(Cl)c(Cl)c1)C(=O)Cc1ccc(F)cc1. The molecule has 0 aliphatic carbocycles. The Balaban J connectivity index is 2.28. The van der Waals surface area contributed by atoms with E-state index in [1.807, 2.05) is 20.8 Å². The molecule has 1 atom stereocenters. The molecule has 0 aliphatic heterocycles. The van der Waals surface area contributed by atoms with Gasteiger partial charge in [0.05, 0.1) is 16.5 Å². The van der Waals surface area contributed by atoms with Gasteiger partial charge in [-0.15, -0.1) is 0 Å². The van der Waals surface area contributed by atoms with Crippen LogP contribution in [0.15, 0.2) is 42.5 Å². The quantitative estimate of drug-likeness (QED) is 0.564. The van der Waals surface area contributed by atoms with Crippen LogP contribution in [0.3, 0.4) is 0 Å². The van der Waals surface area contributed by atoms with Gasteiger partial charge in [0.2, 0.25) is 11.8 Å². The Morgan fingerprint density at radius 3 is 2.23 bits per heavy atom. The maximum Gasteiger partial charge on any atom is 0.242 e. The second kappa shape index (κ2) is 11.3. The Morgan fingerprint density at radius 2 is 1.67 bits per heavy atom. The van der Waals surface area contributed by atoms with E-state index in [2.05, 4.69) is 5.32 Å². The van der Waals surface area contributed by atoms with Gasteiger partial charge in [-0.2, -0.15) is 0 Å². The van der Waals surface area contributed by atoms with Crippen LogP contribution in [0.25, 0.3) is 0 Å². The maximum absolute atomic E-state index is 13.2. The van der Waals surface area contributed by atoms with Crippen molar-refractivity contribution in [3.05, 3.63) is 69.5 Å². The molecule has 0 saturated heterocycles. The van der Waals surface area contributed by atoms with Crippen molar-refractivity contribution in [3.8, 4) is 0 Å². The van der Waals surface area contributed by atoms with Crippen LogP contribution in [0, 0.1) is 11.7 Å². The molecule has 162 valence electrons. The fourth-order valence-electron chi connectivity index (χ4n) is 3.06. The summed E-state index contributed by atoms with van der Waals surface area (Å²) in [6.45, 7) is 6.63. The van der Waals surface area contributed by atoms with Gasteiger partial charge in [0.25, 0.3) is 0 Å². The molecule has 2 aromatic carbocycles. The van der Waals surface area contributed by atoms with Crippen LogP contribution in [0.5, 0.6) is 0 Å². The highest BCUT2D eigenvalue weighted by Gasteiger charge is 2.28. The third kappa shape index (κ3) is 6.99. The highest BCUT2D eigenvalue weighted by atomic mass is 35.5. The van der Waals surface area contributed by atoms with Gasteiger partial charge in [0.15, 0.2) is 0 Å². The van der Waals surface area contributed by atoms with Crippen molar-refractivity contribution < 1.29 is 14.0 Å². The summed E-state index contributed by atoms with van der Waals surface area (Å²) in [6, 6.07) is 10.3. The molecule has 2 amide bonds. The first kappa shape index (κ1) is 24.2. The van der Waals surface area contributed by atoms with Crippen molar-refractivity contribution >= 4 is 35.0 Å². The van der Waals surface area contributed by atoms with Gasteiger partial charge >= 0.3 is 0 Å². The van der Waals surface area contributed by atoms with Crippen molar-refractivity contribution in [2.75, 3.05) is 6.54 Å². The Labute approximate surface area is 187 Å². The van der Waals surface area contributed by atoms with Gasteiger partial charge in [0.1, 0.15) is 11.9 Å². The molecule has 7 heteroatoms. The summed E-state index contributed by atoms with van der Waals surface area (Å²) in [4.78, 5) is 27.6. The van der Waals surface area contributed by atoms with Crippen LogP contribution in [0.4, 0.5) is 4.39 Å². The number of nitrogens with zero attached hydrogens (tertiary/aromatic N) is 1. The first-order valence-electron chi connectivity index (χ1n) is 9.96. The van der Waals surface area contributed by atoms with Crippen molar-refractivity contribution in [2.24, 2.45) is 5.92 Å². The average Bonchev–Trinajstić information content (AvgIpc) is 2.70. The highest BCUT2D eigenvalue weighted by molar-refractivity contribution is 6.42. The molecule has 0 radical (unpaired) electrons. The molecular weight excluding hydrogens is 426 g/mol. The van der Waals surface area contributed by atoms with Crippen LogP contribution in [-0.4, -0.2) is 29.3 Å². The molecule has 2 rings (SSSR count). The Hall–Kier alpha value is -2.11. The van der Waals surface area contributed by atoms with E-state index in [4.69, 9.17) is 23.2 Å². The lowest BCUT2D eigenvalue weighted by Gasteiger charge is -2.31. The van der Waals surface area contributed by atoms with Gasteiger partial charge in [0, 0.05) is 13.1 Å². The zero-order valence-electron chi connectivity index (χ0n) is 17.4. The number of carbonyl (C=O) groups excluding carboxylic acids is 2. The zero-order valence-corrected chi connectivity index (χ0v) is 18.9. The van der Waals surface area contributed by atoms with E-state index >= 15 is 0 Å². The Kier molecular flexibility index (Phi) is 9.12. The minimum Gasteiger partial charge on any atom is -0.354 e. The molecular formula is C23H27Cl2FN2O2. The van der Waals surface area contributed by atoms with Gasteiger partial charge < -0.3 is 10.2 Å². The second-order valence-electron chi connectivity index (χ2n) is 7.64. The number of benzene rings is 2. The molecule has 0 unspecified atom stereocenters. The smallest absolute Gasteiger partial charge is 0.242 e. The fourth-order valence-corrected chi connectivity index (χ4v) is 3.38. The first-order valence-corrected chi connectivity index (χ1v) is 10.7. The van der Waals surface area contributed by atoms with E-state index in [1.54, 1.807) is 35.2 Å². The molecule has 2 aromatic rings. The van der Waals surface area contributed by atoms with E-state index in [1.165, 1.54) is 12.1 Å². The molecule has 30 heavy (non-hydrogen) atoms. The number of carbonyl (C=O) groups is 2. The Bertz CT molecular complexity index is 872. The first-order chi connectivity index (χ1) is 14.2. The molecule has 1 N–H and O–H groups in total. The van der Waals surface area contributed by atoms with Crippen molar-refractivity contribution in [1.29, 1.82) is 0 Å². The molecule has 0 aromatic heterocycles. The monoisotopic (exact) mass is 452 g/mol. The molecule has 0 saturated carbocycles. The average molecular weight is 453 g/mol. The normalized spacial score (nSPS) is 12.0. The number of rotatable bonds is 9. The standard InChI is InChI=1S/C23H27Cl2FN2O2/c1-4-21(23(30)27-13-15(2)3)28(14-17-7-10-19(24)20(25)11-17)22(29)12-16-5-8-18(26)9-6-16/h5-11,15,21H,4,12-14H2,1-3H3,(H,27,30)/t21-/m0/s1. The summed E-state index contributed by atoms with van der Waals surface area (Å²) < 4.78 is 13.2. The van der Waals surface area contributed by atoms with Crippen LogP contribution in [0.2, 0.25) is 10.0 Å². The maximum atomic E-state index is 13.2. The topological polar surface area (TPSA) is 49.4 Å². The van der Waals surface area contributed by atoms with Crippen LogP contribution in [-0.2, 0) is 22.6 Å². The Morgan fingerprint density at radius 1 is 1.03 bits per heavy atom. The third-order valence-corrected chi connectivity index (χ3v) is 5.42. The molecule has 0 spiro atoms. The molecule has 0 heterocycles. The third-order valence-electron chi connectivity index (χ3n) is 4.68. The van der Waals surface area contributed by atoms with Gasteiger partial charge in [-0.1, -0.05) is 62.2 Å². The molecule has 0 fully saturated rings. The summed E-state index contributed by atoms with van der Waals surface area (Å²) in [5.74, 6) is -0.485. The van der Waals surface area contributed by atoms with E-state index in [-0.39, 0.29) is 30.6 Å². The summed E-state index contributed by atoms with van der Waals surface area (Å²) in [6.07, 6.45) is 0.524. The predicted molar refractivity (Wildman–Crippen MR) is 119 cm³/mol. The lowest BCUT2D eigenvalue weighted by atomic mass is 10.1. The summed E-state index contributed by atoms with van der Waals surface area (Å²) in [7, 11) is 0. The lowest BCUT2D eigenvalue weighted by molar-refractivity contribution is -0.141. The zero-order chi connectivity index (χ0) is 22.3. The van der Waals surface area contributed by atoms with Crippen LogP contribution >= 0.6 is 23.2 Å². The second-order valence-corrected chi connectivity index (χ2v) is 8.45. The van der Waals surface area contributed by atoms with E-state index in [9.17, 15) is 14.0 Å². The van der Waals surface area contributed by atoms with E-state index in [0.29, 0.717) is 34.5 Å². The fraction of sp³-hybridized carbons (Fsp3) is 0.391. The van der Waals surface area contributed by atoms with Gasteiger partial charge in [-0.05, 0) is 47.7 Å².